The predicted octanol–water partition coefficient (Wildman–Crippen LogP) is 2.61. The second-order valence-electron chi connectivity index (χ2n) is 6.68. The quantitative estimate of drug-likeness (QED) is 0.801. The number of carbonyl (C=O) groups is 2. The van der Waals surface area contributed by atoms with Gasteiger partial charge in [-0.3, -0.25) is 9.59 Å². The first-order valence-electron chi connectivity index (χ1n) is 8.51. The third-order valence-electron chi connectivity index (χ3n) is 4.41. The molecule has 2 heterocycles. The smallest absolute Gasteiger partial charge is 0.246 e. The molecule has 1 atom stereocenters. The summed E-state index contributed by atoms with van der Waals surface area (Å²) in [7, 11) is 0. The monoisotopic (exact) mass is 376 g/mol. The summed E-state index contributed by atoms with van der Waals surface area (Å²) < 4.78 is 5.20. The van der Waals surface area contributed by atoms with E-state index in [1.54, 1.807) is 13.0 Å². The van der Waals surface area contributed by atoms with Crippen molar-refractivity contribution in [2.24, 2.45) is 0 Å². The van der Waals surface area contributed by atoms with E-state index in [0.717, 1.165) is 5.56 Å². The molecule has 1 aromatic carbocycles. The van der Waals surface area contributed by atoms with E-state index in [4.69, 9.17) is 16.1 Å². The van der Waals surface area contributed by atoms with Crippen molar-refractivity contribution in [2.75, 3.05) is 6.54 Å². The fraction of sp³-hybridized carbons (Fsp3) is 0.444. The number of halogens is 1. The van der Waals surface area contributed by atoms with Crippen LogP contribution in [0, 0.1) is 0 Å². The van der Waals surface area contributed by atoms with Gasteiger partial charge < -0.3 is 14.3 Å². The van der Waals surface area contributed by atoms with Gasteiger partial charge in [-0.05, 0) is 18.6 Å². The summed E-state index contributed by atoms with van der Waals surface area (Å²) in [5.74, 6) is 0.765. The molecule has 3 rings (SSSR count). The Morgan fingerprint density at radius 2 is 2.00 bits per heavy atom. The minimum atomic E-state index is -0.604. The van der Waals surface area contributed by atoms with Gasteiger partial charge in [0.15, 0.2) is 5.82 Å². The van der Waals surface area contributed by atoms with E-state index in [-0.39, 0.29) is 30.8 Å². The summed E-state index contributed by atoms with van der Waals surface area (Å²) in [6.07, 6.45) is 0. The number of piperazine rings is 1. The molecule has 7 nitrogen and oxygen atoms in total. The maximum absolute atomic E-state index is 12.7. The van der Waals surface area contributed by atoms with Crippen LogP contribution in [0.15, 0.2) is 28.8 Å². The van der Waals surface area contributed by atoms with Crippen LogP contribution < -0.4 is 0 Å². The van der Waals surface area contributed by atoms with Crippen molar-refractivity contribution in [3.05, 3.63) is 46.6 Å². The molecule has 138 valence electrons. The number of nitrogens with zero attached hydrogens (tertiary/aromatic N) is 4. The van der Waals surface area contributed by atoms with E-state index >= 15 is 0 Å². The van der Waals surface area contributed by atoms with Gasteiger partial charge in [-0.1, -0.05) is 48.8 Å². The molecule has 2 amide bonds. The van der Waals surface area contributed by atoms with Crippen LogP contribution in [-0.2, 0) is 22.7 Å². The van der Waals surface area contributed by atoms with Crippen LogP contribution in [-0.4, -0.2) is 44.3 Å². The lowest BCUT2D eigenvalue weighted by molar-refractivity contribution is -0.156. The molecule has 1 fully saturated rings. The van der Waals surface area contributed by atoms with Crippen LogP contribution in [0.3, 0.4) is 0 Å². The lowest BCUT2D eigenvalue weighted by Gasteiger charge is -2.38. The number of aromatic nitrogens is 2. The Morgan fingerprint density at radius 3 is 2.65 bits per heavy atom. The van der Waals surface area contributed by atoms with Gasteiger partial charge in [0, 0.05) is 17.5 Å². The Labute approximate surface area is 156 Å². The second-order valence-corrected chi connectivity index (χ2v) is 7.09. The van der Waals surface area contributed by atoms with Gasteiger partial charge in [-0.15, -0.1) is 0 Å². The third-order valence-corrected chi connectivity index (χ3v) is 4.78. The normalized spacial score (nSPS) is 18.1. The van der Waals surface area contributed by atoms with Crippen LogP contribution >= 0.6 is 11.6 Å². The molecule has 26 heavy (non-hydrogen) atoms. The number of hydrogen-bond donors (Lipinski definition) is 0. The highest BCUT2D eigenvalue weighted by Gasteiger charge is 2.37. The molecule has 0 saturated carbocycles. The number of carbonyl (C=O) groups excluding carboxylic acids is 2. The molecule has 2 aromatic rings. The van der Waals surface area contributed by atoms with Gasteiger partial charge in [0.05, 0.1) is 0 Å². The van der Waals surface area contributed by atoms with Crippen LogP contribution in [0.1, 0.15) is 44.0 Å². The van der Waals surface area contributed by atoms with Crippen LogP contribution in [0.5, 0.6) is 0 Å². The lowest BCUT2D eigenvalue weighted by atomic mass is 10.1. The molecule has 1 saturated heterocycles. The molecule has 8 heteroatoms. The van der Waals surface area contributed by atoms with Crippen molar-refractivity contribution in [1.82, 2.24) is 19.9 Å². The van der Waals surface area contributed by atoms with Crippen molar-refractivity contribution in [3.8, 4) is 0 Å². The molecule has 0 bridgehead atoms. The zero-order valence-corrected chi connectivity index (χ0v) is 15.7. The van der Waals surface area contributed by atoms with Gasteiger partial charge in [0.1, 0.15) is 19.1 Å². The predicted molar refractivity (Wildman–Crippen MR) is 95.3 cm³/mol. The van der Waals surface area contributed by atoms with Crippen LogP contribution in [0.2, 0.25) is 5.02 Å². The molecular formula is C18H21ClN4O3. The fourth-order valence-electron chi connectivity index (χ4n) is 2.85. The van der Waals surface area contributed by atoms with Crippen molar-refractivity contribution in [3.63, 3.8) is 0 Å². The topological polar surface area (TPSA) is 79.5 Å². The van der Waals surface area contributed by atoms with E-state index in [1.165, 1.54) is 9.80 Å². The molecule has 0 aliphatic carbocycles. The fourth-order valence-corrected chi connectivity index (χ4v) is 3.04. The summed E-state index contributed by atoms with van der Waals surface area (Å²) >= 11 is 6.17. The van der Waals surface area contributed by atoms with Crippen molar-refractivity contribution < 1.29 is 14.1 Å². The highest BCUT2D eigenvalue weighted by atomic mass is 35.5. The van der Waals surface area contributed by atoms with Gasteiger partial charge in [-0.25, -0.2) is 0 Å². The Balaban J connectivity index is 1.71. The first-order valence-corrected chi connectivity index (χ1v) is 8.88. The molecule has 1 aliphatic rings. The summed E-state index contributed by atoms with van der Waals surface area (Å²) in [6, 6.07) is 6.70. The van der Waals surface area contributed by atoms with E-state index in [9.17, 15) is 9.59 Å². The number of benzene rings is 1. The molecule has 1 aromatic heterocycles. The second kappa shape index (κ2) is 7.45. The van der Waals surface area contributed by atoms with E-state index in [2.05, 4.69) is 10.1 Å². The first-order chi connectivity index (χ1) is 12.4. The maximum Gasteiger partial charge on any atom is 0.246 e. The lowest BCUT2D eigenvalue weighted by Crippen LogP contribution is -2.58. The summed E-state index contributed by atoms with van der Waals surface area (Å²) in [5, 5.41) is 4.48. The number of hydrogen-bond acceptors (Lipinski definition) is 5. The van der Waals surface area contributed by atoms with Crippen molar-refractivity contribution in [2.45, 2.75) is 45.8 Å². The van der Waals surface area contributed by atoms with Gasteiger partial charge in [0.25, 0.3) is 0 Å². The molecule has 0 spiro atoms. The number of rotatable bonds is 5. The molecule has 0 N–H and O–H groups in total. The first kappa shape index (κ1) is 18.4. The summed E-state index contributed by atoms with van der Waals surface area (Å²) in [4.78, 5) is 32.6. The van der Waals surface area contributed by atoms with Crippen molar-refractivity contribution in [1.29, 1.82) is 0 Å². The Bertz CT molecular complexity index is 820. The number of amides is 2. The minimum Gasteiger partial charge on any atom is -0.337 e. The molecule has 1 aliphatic heterocycles. The van der Waals surface area contributed by atoms with Crippen LogP contribution in [0.25, 0.3) is 0 Å². The third kappa shape index (κ3) is 3.72. The van der Waals surface area contributed by atoms with E-state index in [1.807, 2.05) is 32.0 Å². The largest absolute Gasteiger partial charge is 0.337 e. The molecule has 0 radical (unpaired) electrons. The Kier molecular flexibility index (Phi) is 5.27. The Morgan fingerprint density at radius 1 is 1.27 bits per heavy atom. The minimum absolute atomic E-state index is 0.000425. The van der Waals surface area contributed by atoms with E-state index < -0.39 is 6.04 Å². The van der Waals surface area contributed by atoms with Gasteiger partial charge in [-0.2, -0.15) is 4.98 Å². The highest BCUT2D eigenvalue weighted by Crippen LogP contribution is 2.22. The molecular weight excluding hydrogens is 356 g/mol. The standard InChI is InChI=1S/C18H21ClN4O3/c1-11(2)17-20-15(26-21-17)9-23-12(3)18(25)22(10-16(23)24)8-13-6-4-5-7-14(13)19/h4-7,11-12H,8-10H2,1-3H3/t12-/m0/s1. The SMILES string of the molecule is CC(C)c1noc(CN2C(=O)CN(Cc3ccccc3Cl)C(=O)[C@@H]2C)n1. The average molecular weight is 377 g/mol. The maximum atomic E-state index is 12.7. The zero-order valence-electron chi connectivity index (χ0n) is 15.0. The van der Waals surface area contributed by atoms with E-state index in [0.29, 0.717) is 23.3 Å². The summed E-state index contributed by atoms with van der Waals surface area (Å²) in [6.45, 7) is 6.06. The average Bonchev–Trinajstić information content (AvgIpc) is 3.07. The van der Waals surface area contributed by atoms with Gasteiger partial charge >= 0.3 is 0 Å². The Hall–Kier alpha value is -2.41. The zero-order chi connectivity index (χ0) is 18.8. The highest BCUT2D eigenvalue weighted by molar-refractivity contribution is 6.31. The van der Waals surface area contributed by atoms with Gasteiger partial charge in [0.2, 0.25) is 17.7 Å². The van der Waals surface area contributed by atoms with Crippen LogP contribution in [0.4, 0.5) is 0 Å². The van der Waals surface area contributed by atoms with Crippen molar-refractivity contribution >= 4 is 23.4 Å². The molecule has 0 unspecified atom stereocenters. The summed E-state index contributed by atoms with van der Waals surface area (Å²) in [5.41, 5.74) is 0.814.